The highest BCUT2D eigenvalue weighted by atomic mass is 16.6. The molecule has 0 aliphatic rings. The molecule has 1 atom stereocenters. The van der Waals surface area contributed by atoms with E-state index in [2.05, 4.69) is 32.9 Å². The predicted octanol–water partition coefficient (Wildman–Crippen LogP) is 15.0. The predicted molar refractivity (Wildman–Crippen MR) is 229 cm³/mol. The lowest BCUT2D eigenvalue weighted by Crippen LogP contribution is -2.30. The van der Waals surface area contributed by atoms with E-state index >= 15 is 0 Å². The minimum Gasteiger partial charge on any atom is -0.462 e. The molecular weight excluding hydrogens is 673 g/mol. The van der Waals surface area contributed by atoms with Gasteiger partial charge in [0, 0.05) is 19.3 Å². The maximum atomic E-state index is 12.7. The Bertz CT molecular complexity index is 839. The van der Waals surface area contributed by atoms with Crippen molar-refractivity contribution >= 4 is 17.9 Å². The third kappa shape index (κ3) is 41.3. The number of carbonyl (C=O) groups is 3. The quantitative estimate of drug-likeness (QED) is 0.0266. The lowest BCUT2D eigenvalue weighted by atomic mass is 10.0. The highest BCUT2D eigenvalue weighted by molar-refractivity contribution is 5.71. The smallest absolute Gasteiger partial charge is 0.306 e. The van der Waals surface area contributed by atoms with Crippen LogP contribution >= 0.6 is 0 Å². The minimum atomic E-state index is -0.764. The van der Waals surface area contributed by atoms with E-state index in [1.807, 2.05) is 0 Å². The number of esters is 3. The zero-order chi connectivity index (χ0) is 39.4. The van der Waals surface area contributed by atoms with Crippen molar-refractivity contribution < 1.29 is 28.6 Å². The number of hydrogen-bond acceptors (Lipinski definition) is 6. The van der Waals surface area contributed by atoms with E-state index in [0.717, 1.165) is 70.6 Å². The number of carbonyl (C=O) groups excluding carboxylic acids is 3. The molecule has 6 heteroatoms. The van der Waals surface area contributed by atoms with Gasteiger partial charge in [-0.2, -0.15) is 0 Å². The molecule has 0 rings (SSSR count). The third-order valence-corrected chi connectivity index (χ3v) is 10.5. The van der Waals surface area contributed by atoms with Crippen molar-refractivity contribution in [1.82, 2.24) is 0 Å². The molecule has 1 unspecified atom stereocenters. The first kappa shape index (κ1) is 52.2. The van der Waals surface area contributed by atoms with E-state index in [0.29, 0.717) is 19.3 Å². The van der Waals surface area contributed by atoms with Crippen LogP contribution in [0.1, 0.15) is 258 Å². The van der Waals surface area contributed by atoms with Gasteiger partial charge in [-0.3, -0.25) is 14.4 Å². The first-order chi connectivity index (χ1) is 26.5. The summed E-state index contributed by atoms with van der Waals surface area (Å²) in [4.78, 5) is 37.5. The van der Waals surface area contributed by atoms with Crippen LogP contribution in [0.3, 0.4) is 0 Å². The number of ether oxygens (including phenoxy) is 3. The molecule has 0 aromatic carbocycles. The Kier molecular flexibility index (Phi) is 42.4. The number of unbranched alkanes of at least 4 members (excludes halogenated alkanes) is 30. The summed E-state index contributed by atoms with van der Waals surface area (Å²) in [5.74, 6) is -0.882. The average molecular weight is 763 g/mol. The van der Waals surface area contributed by atoms with Crippen LogP contribution in [0, 0.1) is 0 Å². The summed E-state index contributed by atoms with van der Waals surface area (Å²) in [6, 6.07) is 0. The van der Waals surface area contributed by atoms with Gasteiger partial charge in [-0.05, 0) is 44.9 Å². The summed E-state index contributed by atoms with van der Waals surface area (Å²) in [6.45, 7) is 6.56. The lowest BCUT2D eigenvalue weighted by Gasteiger charge is -2.18. The van der Waals surface area contributed by atoms with Crippen LogP contribution in [0.25, 0.3) is 0 Å². The summed E-state index contributed by atoms with van der Waals surface area (Å²) in [5, 5.41) is 0. The summed E-state index contributed by atoms with van der Waals surface area (Å²) in [5.41, 5.74) is 0. The van der Waals surface area contributed by atoms with Gasteiger partial charge in [-0.25, -0.2) is 0 Å². The first-order valence-corrected chi connectivity index (χ1v) is 23.7. The maximum absolute atomic E-state index is 12.7. The second kappa shape index (κ2) is 43.9. The van der Waals surface area contributed by atoms with Crippen LogP contribution in [-0.4, -0.2) is 37.2 Å². The monoisotopic (exact) mass is 763 g/mol. The maximum Gasteiger partial charge on any atom is 0.306 e. The molecule has 0 amide bonds. The number of hydrogen-bond donors (Lipinski definition) is 0. The largest absolute Gasteiger partial charge is 0.462 e. The molecular formula is C48H90O6. The number of rotatable bonds is 43. The molecule has 0 fully saturated rings. The Morgan fingerprint density at radius 1 is 0.352 bits per heavy atom. The average Bonchev–Trinajstić information content (AvgIpc) is 3.17. The molecule has 0 radical (unpaired) electrons. The topological polar surface area (TPSA) is 78.9 Å². The van der Waals surface area contributed by atoms with Crippen molar-refractivity contribution in [2.45, 2.75) is 264 Å². The molecule has 0 spiro atoms. The van der Waals surface area contributed by atoms with E-state index in [1.54, 1.807) is 0 Å². The molecule has 0 aromatic heterocycles. The van der Waals surface area contributed by atoms with Gasteiger partial charge in [0.25, 0.3) is 0 Å². The molecule has 0 saturated carbocycles. The number of allylic oxidation sites excluding steroid dienone is 2. The summed E-state index contributed by atoms with van der Waals surface area (Å²) in [6.07, 6.45) is 46.5. The summed E-state index contributed by atoms with van der Waals surface area (Å²) < 4.78 is 16.6. The highest BCUT2D eigenvalue weighted by Crippen LogP contribution is 2.15. The Labute approximate surface area is 335 Å². The van der Waals surface area contributed by atoms with Gasteiger partial charge in [0.1, 0.15) is 13.2 Å². The summed E-state index contributed by atoms with van der Waals surface area (Å²) in [7, 11) is 0. The van der Waals surface area contributed by atoms with Crippen LogP contribution in [0.5, 0.6) is 0 Å². The normalized spacial score (nSPS) is 12.0. The molecule has 0 saturated heterocycles. The van der Waals surface area contributed by atoms with Crippen molar-refractivity contribution in [3.63, 3.8) is 0 Å². The molecule has 6 nitrogen and oxygen atoms in total. The van der Waals surface area contributed by atoms with Gasteiger partial charge in [0.2, 0.25) is 0 Å². The fourth-order valence-corrected chi connectivity index (χ4v) is 6.91. The molecule has 0 aromatic rings. The molecule has 0 aliphatic heterocycles. The van der Waals surface area contributed by atoms with Gasteiger partial charge in [-0.1, -0.05) is 206 Å². The highest BCUT2D eigenvalue weighted by Gasteiger charge is 2.19. The van der Waals surface area contributed by atoms with E-state index in [1.165, 1.54) is 148 Å². The van der Waals surface area contributed by atoms with E-state index in [4.69, 9.17) is 14.2 Å². The van der Waals surface area contributed by atoms with E-state index < -0.39 is 6.10 Å². The lowest BCUT2D eigenvalue weighted by molar-refractivity contribution is -0.167. The van der Waals surface area contributed by atoms with Gasteiger partial charge < -0.3 is 14.2 Å². The van der Waals surface area contributed by atoms with Crippen LogP contribution in [0.2, 0.25) is 0 Å². The zero-order valence-electron chi connectivity index (χ0n) is 36.3. The van der Waals surface area contributed by atoms with Crippen LogP contribution in [-0.2, 0) is 28.6 Å². The second-order valence-corrected chi connectivity index (χ2v) is 16.0. The fourth-order valence-electron chi connectivity index (χ4n) is 6.91. The molecule has 0 aliphatic carbocycles. The van der Waals surface area contributed by atoms with Gasteiger partial charge in [0.15, 0.2) is 6.10 Å². The molecule has 0 bridgehead atoms. The van der Waals surface area contributed by atoms with Gasteiger partial charge in [-0.15, -0.1) is 0 Å². The molecule has 0 N–H and O–H groups in total. The Morgan fingerprint density at radius 3 is 0.926 bits per heavy atom. The Balaban J connectivity index is 4.18. The Hall–Kier alpha value is -1.85. The molecule has 0 heterocycles. The second-order valence-electron chi connectivity index (χ2n) is 16.0. The third-order valence-electron chi connectivity index (χ3n) is 10.5. The van der Waals surface area contributed by atoms with Crippen LogP contribution in [0.15, 0.2) is 12.2 Å². The van der Waals surface area contributed by atoms with Crippen molar-refractivity contribution in [3.05, 3.63) is 12.2 Å². The molecule has 318 valence electrons. The van der Waals surface area contributed by atoms with E-state index in [-0.39, 0.29) is 31.1 Å². The summed E-state index contributed by atoms with van der Waals surface area (Å²) >= 11 is 0. The van der Waals surface area contributed by atoms with Gasteiger partial charge in [0.05, 0.1) is 0 Å². The first-order valence-electron chi connectivity index (χ1n) is 23.7. The Morgan fingerprint density at radius 2 is 0.611 bits per heavy atom. The van der Waals surface area contributed by atoms with Crippen molar-refractivity contribution in [2.24, 2.45) is 0 Å². The standard InChI is InChI=1S/C48H90O6/c1-4-7-10-13-15-17-19-21-23-25-26-28-30-32-35-38-41-47(50)53-44-45(43-52-46(49)40-37-34-12-9-6-3)54-48(51)42-39-36-33-31-29-27-24-22-20-18-16-14-11-8-5-2/h22,24,45H,4-21,23,25-44H2,1-3H3/b24-22-. The van der Waals surface area contributed by atoms with E-state index in [9.17, 15) is 14.4 Å². The van der Waals surface area contributed by atoms with Crippen molar-refractivity contribution in [2.75, 3.05) is 13.2 Å². The van der Waals surface area contributed by atoms with Crippen LogP contribution in [0.4, 0.5) is 0 Å². The molecule has 54 heavy (non-hydrogen) atoms. The zero-order valence-corrected chi connectivity index (χ0v) is 36.3. The minimum absolute atomic E-state index is 0.0699. The van der Waals surface area contributed by atoms with Gasteiger partial charge >= 0.3 is 17.9 Å². The SMILES string of the molecule is CCCCCCCC/C=C\CCCCCCCC(=O)OC(COC(=O)CCCCCCC)COC(=O)CCCCCCCCCCCCCCCCCC. The van der Waals surface area contributed by atoms with Crippen molar-refractivity contribution in [3.8, 4) is 0 Å². The van der Waals surface area contributed by atoms with Crippen molar-refractivity contribution in [1.29, 1.82) is 0 Å². The van der Waals surface area contributed by atoms with Crippen LogP contribution < -0.4 is 0 Å². The fraction of sp³-hybridized carbons (Fsp3) is 0.896.